The molecule has 0 bridgehead atoms. The van der Waals surface area contributed by atoms with Gasteiger partial charge in [0.15, 0.2) is 11.5 Å². The van der Waals surface area contributed by atoms with E-state index in [0.29, 0.717) is 23.6 Å². The van der Waals surface area contributed by atoms with E-state index in [1.807, 2.05) is 19.1 Å². The largest absolute Gasteiger partial charge is 0.451 e. The molecule has 1 heterocycles. The first-order valence-corrected chi connectivity index (χ1v) is 6.61. The maximum Gasteiger partial charge on any atom is 0.287 e. The van der Waals surface area contributed by atoms with Crippen molar-refractivity contribution in [2.24, 2.45) is 0 Å². The molecule has 0 spiro atoms. The van der Waals surface area contributed by atoms with Gasteiger partial charge in [-0.05, 0) is 25.5 Å². The van der Waals surface area contributed by atoms with E-state index in [0.717, 1.165) is 12.0 Å². The molecular formula is C16H17NO3. The molecule has 2 rings (SSSR count). The summed E-state index contributed by atoms with van der Waals surface area (Å²) in [5.41, 5.74) is 1.49. The van der Waals surface area contributed by atoms with Gasteiger partial charge in [-0.3, -0.25) is 9.59 Å². The smallest absolute Gasteiger partial charge is 0.287 e. The van der Waals surface area contributed by atoms with Crippen molar-refractivity contribution in [1.29, 1.82) is 0 Å². The average Bonchev–Trinajstić information content (AvgIpc) is 2.94. The molecule has 2 aromatic rings. The third-order valence-electron chi connectivity index (χ3n) is 2.94. The van der Waals surface area contributed by atoms with Gasteiger partial charge in [-0.2, -0.15) is 0 Å². The normalized spacial score (nSPS) is 10.3. The number of carbonyl (C=O) groups is 2. The summed E-state index contributed by atoms with van der Waals surface area (Å²) in [6.45, 7) is 4.14. The molecule has 0 aliphatic heterocycles. The van der Waals surface area contributed by atoms with Crippen LogP contribution >= 0.6 is 0 Å². The number of hydrogen-bond donors (Lipinski definition) is 1. The van der Waals surface area contributed by atoms with Gasteiger partial charge in [-0.25, -0.2) is 0 Å². The van der Waals surface area contributed by atoms with Crippen LogP contribution < -0.4 is 5.32 Å². The molecule has 0 unspecified atom stereocenters. The number of furan rings is 1. The van der Waals surface area contributed by atoms with Gasteiger partial charge in [0.2, 0.25) is 0 Å². The molecule has 0 fully saturated rings. The molecular weight excluding hydrogens is 254 g/mol. The van der Waals surface area contributed by atoms with Crippen molar-refractivity contribution < 1.29 is 14.0 Å². The number of Topliss-reactive ketones (excluding diaryl/α,β-unsaturated/α-hetero) is 1. The zero-order valence-corrected chi connectivity index (χ0v) is 11.6. The van der Waals surface area contributed by atoms with Crippen LogP contribution in [0.5, 0.6) is 0 Å². The Morgan fingerprint density at radius 2 is 1.80 bits per heavy atom. The summed E-state index contributed by atoms with van der Waals surface area (Å²) in [7, 11) is 0. The minimum atomic E-state index is -0.210. The van der Waals surface area contributed by atoms with Crippen molar-refractivity contribution in [3.8, 4) is 11.3 Å². The number of benzene rings is 1. The number of hydrogen-bond acceptors (Lipinski definition) is 3. The SMILES string of the molecule is CCCNC(=O)c1ccc(-c2ccc(C(C)=O)cc2)o1. The number of nitrogens with one attached hydrogen (secondary N) is 1. The van der Waals surface area contributed by atoms with E-state index in [4.69, 9.17) is 4.42 Å². The lowest BCUT2D eigenvalue weighted by Crippen LogP contribution is -2.23. The highest BCUT2D eigenvalue weighted by atomic mass is 16.3. The molecule has 20 heavy (non-hydrogen) atoms. The topological polar surface area (TPSA) is 59.3 Å². The molecule has 0 aliphatic carbocycles. The molecule has 0 atom stereocenters. The number of rotatable bonds is 5. The van der Waals surface area contributed by atoms with Gasteiger partial charge in [0.05, 0.1) is 0 Å². The first-order valence-electron chi connectivity index (χ1n) is 6.61. The molecule has 1 N–H and O–H groups in total. The van der Waals surface area contributed by atoms with Crippen LogP contribution in [0.25, 0.3) is 11.3 Å². The molecule has 4 heteroatoms. The zero-order valence-electron chi connectivity index (χ0n) is 11.6. The highest BCUT2D eigenvalue weighted by Crippen LogP contribution is 2.22. The summed E-state index contributed by atoms with van der Waals surface area (Å²) in [5, 5.41) is 2.76. The number of carbonyl (C=O) groups excluding carboxylic acids is 2. The van der Waals surface area contributed by atoms with E-state index in [-0.39, 0.29) is 11.7 Å². The van der Waals surface area contributed by atoms with E-state index in [1.165, 1.54) is 6.92 Å². The van der Waals surface area contributed by atoms with Crippen LogP contribution in [0.15, 0.2) is 40.8 Å². The summed E-state index contributed by atoms with van der Waals surface area (Å²) in [4.78, 5) is 23.0. The lowest BCUT2D eigenvalue weighted by atomic mass is 10.1. The van der Waals surface area contributed by atoms with E-state index in [1.54, 1.807) is 24.3 Å². The Kier molecular flexibility index (Phi) is 4.35. The van der Waals surface area contributed by atoms with Crippen LogP contribution in [0.1, 0.15) is 41.2 Å². The van der Waals surface area contributed by atoms with E-state index in [9.17, 15) is 9.59 Å². The molecule has 1 amide bonds. The van der Waals surface area contributed by atoms with Crippen LogP contribution in [-0.2, 0) is 0 Å². The fraction of sp³-hybridized carbons (Fsp3) is 0.250. The second kappa shape index (κ2) is 6.19. The maximum absolute atomic E-state index is 11.7. The van der Waals surface area contributed by atoms with Crippen LogP contribution in [0, 0.1) is 0 Å². The Bertz CT molecular complexity index is 611. The summed E-state index contributed by atoms with van der Waals surface area (Å²) in [6.07, 6.45) is 0.881. The molecule has 0 aliphatic rings. The lowest BCUT2D eigenvalue weighted by Gasteiger charge is -2.01. The summed E-state index contributed by atoms with van der Waals surface area (Å²) in [6, 6.07) is 10.5. The number of ketones is 1. The highest BCUT2D eigenvalue weighted by molar-refractivity contribution is 5.94. The standard InChI is InChI=1S/C16H17NO3/c1-3-10-17-16(19)15-9-8-14(20-15)13-6-4-12(5-7-13)11(2)18/h4-9H,3,10H2,1-2H3,(H,17,19). The van der Waals surface area contributed by atoms with Crippen LogP contribution in [0.4, 0.5) is 0 Å². The summed E-state index contributed by atoms with van der Waals surface area (Å²) in [5.74, 6) is 0.722. The van der Waals surface area contributed by atoms with Crippen molar-refractivity contribution in [1.82, 2.24) is 5.32 Å². The third kappa shape index (κ3) is 3.15. The Morgan fingerprint density at radius 1 is 1.10 bits per heavy atom. The maximum atomic E-state index is 11.7. The lowest BCUT2D eigenvalue weighted by molar-refractivity contribution is 0.0926. The Balaban J connectivity index is 2.16. The molecule has 104 valence electrons. The Hall–Kier alpha value is -2.36. The average molecular weight is 271 g/mol. The minimum absolute atomic E-state index is 0.0237. The van der Waals surface area contributed by atoms with Crippen molar-refractivity contribution in [2.75, 3.05) is 6.54 Å². The van der Waals surface area contributed by atoms with E-state index >= 15 is 0 Å². The zero-order chi connectivity index (χ0) is 14.5. The third-order valence-corrected chi connectivity index (χ3v) is 2.94. The molecule has 1 aromatic heterocycles. The van der Waals surface area contributed by atoms with Crippen LogP contribution in [0.3, 0.4) is 0 Å². The van der Waals surface area contributed by atoms with E-state index in [2.05, 4.69) is 5.32 Å². The van der Waals surface area contributed by atoms with Gasteiger partial charge < -0.3 is 9.73 Å². The molecule has 4 nitrogen and oxygen atoms in total. The van der Waals surface area contributed by atoms with Crippen molar-refractivity contribution in [3.63, 3.8) is 0 Å². The van der Waals surface area contributed by atoms with Gasteiger partial charge in [0.25, 0.3) is 5.91 Å². The molecule has 0 saturated heterocycles. The molecule has 1 aromatic carbocycles. The predicted molar refractivity (Wildman–Crippen MR) is 76.8 cm³/mol. The first kappa shape index (κ1) is 14.1. The Morgan fingerprint density at radius 3 is 2.40 bits per heavy atom. The number of amides is 1. The predicted octanol–water partition coefficient (Wildman–Crippen LogP) is 3.29. The van der Waals surface area contributed by atoms with Gasteiger partial charge in [-0.1, -0.05) is 31.2 Å². The van der Waals surface area contributed by atoms with Crippen LogP contribution in [-0.4, -0.2) is 18.2 Å². The van der Waals surface area contributed by atoms with Gasteiger partial charge in [0.1, 0.15) is 5.76 Å². The van der Waals surface area contributed by atoms with E-state index < -0.39 is 0 Å². The fourth-order valence-electron chi connectivity index (χ4n) is 1.81. The summed E-state index contributed by atoms with van der Waals surface area (Å²) >= 11 is 0. The first-order chi connectivity index (χ1) is 9.61. The van der Waals surface area contributed by atoms with Crippen molar-refractivity contribution >= 4 is 11.7 Å². The molecule has 0 saturated carbocycles. The highest BCUT2D eigenvalue weighted by Gasteiger charge is 2.11. The second-order valence-electron chi connectivity index (χ2n) is 4.55. The Labute approximate surface area is 117 Å². The summed E-state index contributed by atoms with van der Waals surface area (Å²) < 4.78 is 5.53. The van der Waals surface area contributed by atoms with Crippen molar-refractivity contribution in [3.05, 3.63) is 47.7 Å². The van der Waals surface area contributed by atoms with Crippen molar-refractivity contribution in [2.45, 2.75) is 20.3 Å². The van der Waals surface area contributed by atoms with Crippen LogP contribution in [0.2, 0.25) is 0 Å². The fourth-order valence-corrected chi connectivity index (χ4v) is 1.81. The molecule has 0 radical (unpaired) electrons. The second-order valence-corrected chi connectivity index (χ2v) is 4.55. The quantitative estimate of drug-likeness (QED) is 0.849. The van der Waals surface area contributed by atoms with Gasteiger partial charge >= 0.3 is 0 Å². The monoisotopic (exact) mass is 271 g/mol. The minimum Gasteiger partial charge on any atom is -0.451 e. The van der Waals surface area contributed by atoms with Gasteiger partial charge in [-0.15, -0.1) is 0 Å². The van der Waals surface area contributed by atoms with Gasteiger partial charge in [0, 0.05) is 17.7 Å².